The van der Waals surface area contributed by atoms with Gasteiger partial charge in [-0.1, -0.05) is 178 Å². The summed E-state index contributed by atoms with van der Waals surface area (Å²) in [5.74, 6) is 0. The first-order valence-electron chi connectivity index (χ1n) is 20.9. The first-order chi connectivity index (χ1) is 29.5. The van der Waals surface area contributed by atoms with Crippen molar-refractivity contribution in [2.45, 2.75) is 24.7 Å². The molecule has 0 aliphatic heterocycles. The molecule has 2 aliphatic rings. The Morgan fingerprint density at radius 2 is 0.850 bits per heavy atom. The molecule has 10 aromatic rings. The standard InChI is InChI=1S/C58H41NS/c1-57(2)51-20-10-6-16-45(51)48-35-33-44(37-54(48)57)59(42-29-24-39(25-30-42)38-14-4-3-5-15-38)43-31-26-40(27-32-43)58(52-21-11-7-17-46(52)47-18-8-12-22-53(47)58)41-28-34-50-49-19-9-13-23-55(49)60-56(50)36-41/h3-37H,1-2H3. The average Bonchev–Trinajstić information content (AvgIpc) is 3.91. The van der Waals surface area contributed by atoms with Crippen LogP contribution < -0.4 is 4.90 Å². The van der Waals surface area contributed by atoms with Crippen molar-refractivity contribution in [3.05, 3.63) is 246 Å². The molecule has 2 heteroatoms. The number of nitrogens with zero attached hydrogens (tertiary/aromatic N) is 1. The fourth-order valence-electron chi connectivity index (χ4n) is 10.6. The monoisotopic (exact) mass is 783 g/mol. The van der Waals surface area contributed by atoms with Gasteiger partial charge in [-0.15, -0.1) is 11.3 Å². The Morgan fingerprint density at radius 3 is 1.55 bits per heavy atom. The zero-order valence-electron chi connectivity index (χ0n) is 33.6. The number of thiophene rings is 1. The number of anilines is 3. The minimum Gasteiger partial charge on any atom is -0.310 e. The molecule has 2 aliphatic carbocycles. The summed E-state index contributed by atoms with van der Waals surface area (Å²) >= 11 is 1.89. The summed E-state index contributed by atoms with van der Waals surface area (Å²) < 4.78 is 2.64. The normalized spacial score (nSPS) is 14.1. The van der Waals surface area contributed by atoms with Crippen molar-refractivity contribution in [2.24, 2.45) is 0 Å². The highest BCUT2D eigenvalue weighted by Gasteiger charge is 2.46. The zero-order chi connectivity index (χ0) is 40.0. The van der Waals surface area contributed by atoms with Gasteiger partial charge in [0.25, 0.3) is 0 Å². The van der Waals surface area contributed by atoms with Gasteiger partial charge in [0, 0.05) is 42.6 Å². The molecule has 0 spiro atoms. The molecule has 12 rings (SSSR count). The van der Waals surface area contributed by atoms with E-state index in [1.165, 1.54) is 86.9 Å². The molecular formula is C58H41NS. The Hall–Kier alpha value is -7.00. The van der Waals surface area contributed by atoms with Crippen molar-refractivity contribution in [1.82, 2.24) is 0 Å². The van der Waals surface area contributed by atoms with Gasteiger partial charge in [-0.3, -0.25) is 0 Å². The van der Waals surface area contributed by atoms with Crippen molar-refractivity contribution in [3.63, 3.8) is 0 Å². The molecule has 1 aromatic heterocycles. The molecule has 0 radical (unpaired) electrons. The third-order valence-electron chi connectivity index (χ3n) is 13.4. The summed E-state index contributed by atoms with van der Waals surface area (Å²) in [7, 11) is 0. The maximum Gasteiger partial charge on any atom is 0.0714 e. The summed E-state index contributed by atoms with van der Waals surface area (Å²) in [6.45, 7) is 4.73. The van der Waals surface area contributed by atoms with Crippen LogP contribution in [-0.4, -0.2) is 0 Å². The first-order valence-corrected chi connectivity index (χ1v) is 21.7. The van der Waals surface area contributed by atoms with Crippen LogP contribution in [0.2, 0.25) is 0 Å². The van der Waals surface area contributed by atoms with Crippen LogP contribution in [0.5, 0.6) is 0 Å². The van der Waals surface area contributed by atoms with Crippen LogP contribution in [0.4, 0.5) is 17.1 Å². The molecule has 0 saturated heterocycles. The van der Waals surface area contributed by atoms with Crippen LogP contribution in [-0.2, 0) is 10.8 Å². The smallest absolute Gasteiger partial charge is 0.0714 e. The van der Waals surface area contributed by atoms with Crippen LogP contribution >= 0.6 is 11.3 Å². The van der Waals surface area contributed by atoms with E-state index < -0.39 is 5.41 Å². The van der Waals surface area contributed by atoms with Gasteiger partial charge in [0.05, 0.1) is 5.41 Å². The minimum absolute atomic E-state index is 0.111. The fourth-order valence-corrected chi connectivity index (χ4v) is 11.7. The van der Waals surface area contributed by atoms with E-state index in [0.29, 0.717) is 0 Å². The second kappa shape index (κ2) is 13.3. The number of hydrogen-bond donors (Lipinski definition) is 0. The minimum atomic E-state index is -0.498. The van der Waals surface area contributed by atoms with Crippen molar-refractivity contribution < 1.29 is 0 Å². The second-order valence-corrected chi connectivity index (χ2v) is 17.9. The molecular weight excluding hydrogens is 743 g/mol. The Kier molecular flexibility index (Phi) is 7.73. The molecule has 0 unspecified atom stereocenters. The van der Waals surface area contributed by atoms with Gasteiger partial charge in [0.2, 0.25) is 0 Å². The topological polar surface area (TPSA) is 3.24 Å². The highest BCUT2D eigenvalue weighted by atomic mass is 32.1. The molecule has 60 heavy (non-hydrogen) atoms. The number of benzene rings is 9. The number of hydrogen-bond acceptors (Lipinski definition) is 2. The van der Waals surface area contributed by atoms with E-state index in [4.69, 9.17) is 0 Å². The largest absolute Gasteiger partial charge is 0.310 e. The van der Waals surface area contributed by atoms with Crippen LogP contribution in [0.3, 0.4) is 0 Å². The summed E-state index contributed by atoms with van der Waals surface area (Å²) in [6.07, 6.45) is 0. The number of fused-ring (bicyclic) bond motifs is 9. The van der Waals surface area contributed by atoms with Crippen LogP contribution in [0, 0.1) is 0 Å². The maximum absolute atomic E-state index is 2.47. The first kappa shape index (κ1) is 35.0. The van der Waals surface area contributed by atoms with Gasteiger partial charge in [0.1, 0.15) is 0 Å². The molecule has 0 atom stereocenters. The lowest BCUT2D eigenvalue weighted by atomic mass is 9.67. The Labute approximate surface area is 355 Å². The molecule has 0 bridgehead atoms. The van der Waals surface area contributed by atoms with E-state index in [1.54, 1.807) is 0 Å². The third-order valence-corrected chi connectivity index (χ3v) is 14.5. The molecule has 0 amide bonds. The summed E-state index contributed by atoms with van der Waals surface area (Å²) in [5.41, 5.74) is 18.4. The van der Waals surface area contributed by atoms with Gasteiger partial charge >= 0.3 is 0 Å². The third kappa shape index (κ3) is 5.04. The number of rotatable bonds is 6. The van der Waals surface area contributed by atoms with E-state index in [2.05, 4.69) is 231 Å². The van der Waals surface area contributed by atoms with Crippen molar-refractivity contribution in [1.29, 1.82) is 0 Å². The van der Waals surface area contributed by atoms with E-state index in [0.717, 1.165) is 17.1 Å². The van der Waals surface area contributed by atoms with Gasteiger partial charge in [0.15, 0.2) is 0 Å². The summed E-state index contributed by atoms with van der Waals surface area (Å²) in [6, 6.07) is 79.2. The zero-order valence-corrected chi connectivity index (χ0v) is 34.4. The summed E-state index contributed by atoms with van der Waals surface area (Å²) in [4.78, 5) is 2.43. The molecule has 0 N–H and O–H groups in total. The highest BCUT2D eigenvalue weighted by molar-refractivity contribution is 7.25. The van der Waals surface area contributed by atoms with Crippen molar-refractivity contribution in [2.75, 3.05) is 4.90 Å². The lowest BCUT2D eigenvalue weighted by Crippen LogP contribution is -2.28. The quantitative estimate of drug-likeness (QED) is 0.162. The van der Waals surface area contributed by atoms with Gasteiger partial charge < -0.3 is 4.90 Å². The Morgan fingerprint density at radius 1 is 0.350 bits per heavy atom. The van der Waals surface area contributed by atoms with Gasteiger partial charge in [-0.05, 0) is 115 Å². The molecule has 284 valence electrons. The molecule has 1 nitrogen and oxygen atoms in total. The maximum atomic E-state index is 2.47. The predicted molar refractivity (Wildman–Crippen MR) is 254 cm³/mol. The van der Waals surface area contributed by atoms with Crippen LogP contribution in [0.15, 0.2) is 212 Å². The van der Waals surface area contributed by atoms with E-state index in [1.807, 2.05) is 11.3 Å². The van der Waals surface area contributed by atoms with Gasteiger partial charge in [-0.25, -0.2) is 0 Å². The van der Waals surface area contributed by atoms with E-state index >= 15 is 0 Å². The highest BCUT2D eigenvalue weighted by Crippen LogP contribution is 2.57. The SMILES string of the molecule is CC1(C)c2ccccc2-c2ccc(N(c3ccc(-c4ccccc4)cc3)c3ccc(C4(c5ccc6c(c5)sc5ccccc56)c5ccccc5-c5ccccc54)cc3)cc21. The van der Waals surface area contributed by atoms with E-state index in [9.17, 15) is 0 Å². The Bertz CT molecular complexity index is 3230. The second-order valence-electron chi connectivity index (χ2n) is 16.8. The van der Waals surface area contributed by atoms with E-state index in [-0.39, 0.29) is 5.41 Å². The Balaban J connectivity index is 1.05. The van der Waals surface area contributed by atoms with Crippen LogP contribution in [0.25, 0.3) is 53.6 Å². The molecule has 0 fully saturated rings. The lowest BCUT2D eigenvalue weighted by Gasteiger charge is -2.34. The lowest BCUT2D eigenvalue weighted by molar-refractivity contribution is 0.660. The molecule has 9 aromatic carbocycles. The average molecular weight is 784 g/mol. The molecule has 0 saturated carbocycles. The van der Waals surface area contributed by atoms with Crippen molar-refractivity contribution >= 4 is 48.6 Å². The predicted octanol–water partition coefficient (Wildman–Crippen LogP) is 15.9. The summed E-state index contributed by atoms with van der Waals surface area (Å²) in [5, 5.41) is 2.64. The molecule has 1 heterocycles. The van der Waals surface area contributed by atoms with Gasteiger partial charge in [-0.2, -0.15) is 0 Å². The van der Waals surface area contributed by atoms with Crippen molar-refractivity contribution in [3.8, 4) is 33.4 Å². The van der Waals surface area contributed by atoms with Crippen LogP contribution in [0.1, 0.15) is 47.2 Å². The fraction of sp³-hybridized carbons (Fsp3) is 0.0690.